The number of nitro groups is 1. The Morgan fingerprint density at radius 3 is 2.43 bits per heavy atom. The molecule has 3 aromatic carbocycles. The van der Waals surface area contributed by atoms with Crippen LogP contribution in [0.3, 0.4) is 0 Å². The monoisotopic (exact) mass is 522 g/mol. The van der Waals surface area contributed by atoms with Gasteiger partial charge >= 0.3 is 0 Å². The number of thioether (sulfide) groups is 1. The topological polar surface area (TPSA) is 92.3 Å². The molecule has 0 amide bonds. The van der Waals surface area contributed by atoms with Crippen LogP contribution in [0, 0.1) is 36.7 Å². The van der Waals surface area contributed by atoms with Crippen LogP contribution in [0.4, 0.5) is 4.39 Å². The third-order valence-corrected chi connectivity index (χ3v) is 7.15. The average molecular weight is 523 g/mol. The lowest BCUT2D eigenvalue weighted by Crippen LogP contribution is -2.11. The standard InChI is InChI=1S/C27H27FN4O4S/c1-17-5-11-23(13-18(17)2)32-19(3)29-30-27(32)37-26(15-31(33)34)21-8-12-24(25(14-21)35-4)36-16-20-6-9-22(28)10-7-20/h5-14,26H,15-16H2,1-4H3/t26-/m1/s1. The van der Waals surface area contributed by atoms with Crippen molar-refractivity contribution in [2.75, 3.05) is 13.7 Å². The first kappa shape index (κ1) is 26.2. The molecule has 1 heterocycles. The molecule has 0 fully saturated rings. The van der Waals surface area contributed by atoms with Gasteiger partial charge in [0.2, 0.25) is 6.54 Å². The molecule has 37 heavy (non-hydrogen) atoms. The van der Waals surface area contributed by atoms with Crippen molar-refractivity contribution in [3.8, 4) is 17.2 Å². The summed E-state index contributed by atoms with van der Waals surface area (Å²) in [5, 5.41) is 20.1. The molecule has 0 spiro atoms. The Hall–Kier alpha value is -3.92. The zero-order chi connectivity index (χ0) is 26.5. The molecule has 0 aliphatic heterocycles. The van der Waals surface area contributed by atoms with Crippen molar-refractivity contribution in [2.24, 2.45) is 0 Å². The van der Waals surface area contributed by atoms with Crippen LogP contribution in [0.15, 0.2) is 65.8 Å². The summed E-state index contributed by atoms with van der Waals surface area (Å²) in [6.45, 7) is 5.84. The fourth-order valence-corrected chi connectivity index (χ4v) is 4.96. The van der Waals surface area contributed by atoms with Crippen LogP contribution in [0.2, 0.25) is 0 Å². The van der Waals surface area contributed by atoms with Gasteiger partial charge in [-0.15, -0.1) is 10.2 Å². The molecule has 0 unspecified atom stereocenters. The van der Waals surface area contributed by atoms with Crippen LogP contribution in [0.5, 0.6) is 11.5 Å². The van der Waals surface area contributed by atoms with Crippen LogP contribution in [-0.4, -0.2) is 33.3 Å². The molecule has 4 aromatic rings. The lowest BCUT2D eigenvalue weighted by molar-refractivity contribution is -0.479. The molecule has 8 nitrogen and oxygen atoms in total. The van der Waals surface area contributed by atoms with Crippen LogP contribution < -0.4 is 9.47 Å². The Morgan fingerprint density at radius 2 is 1.76 bits per heavy atom. The van der Waals surface area contributed by atoms with Crippen molar-refractivity contribution >= 4 is 11.8 Å². The summed E-state index contributed by atoms with van der Waals surface area (Å²) in [6, 6.07) is 17.4. The van der Waals surface area contributed by atoms with Gasteiger partial charge in [-0.05, 0) is 79.4 Å². The van der Waals surface area contributed by atoms with Gasteiger partial charge in [0.25, 0.3) is 0 Å². The van der Waals surface area contributed by atoms with Gasteiger partial charge in [-0.25, -0.2) is 4.39 Å². The Labute approximate surface area is 218 Å². The smallest absolute Gasteiger partial charge is 0.220 e. The Bertz CT molecular complexity index is 1410. The van der Waals surface area contributed by atoms with Gasteiger partial charge in [0.15, 0.2) is 16.7 Å². The number of benzene rings is 3. The van der Waals surface area contributed by atoms with Crippen LogP contribution in [-0.2, 0) is 6.61 Å². The van der Waals surface area contributed by atoms with Gasteiger partial charge in [-0.3, -0.25) is 14.7 Å². The molecule has 0 saturated carbocycles. The van der Waals surface area contributed by atoms with Crippen LogP contribution in [0.1, 0.15) is 33.3 Å². The van der Waals surface area contributed by atoms with Crippen molar-refractivity contribution in [3.05, 3.63) is 105 Å². The van der Waals surface area contributed by atoms with Gasteiger partial charge < -0.3 is 9.47 Å². The molecule has 4 rings (SSSR count). The van der Waals surface area contributed by atoms with E-state index in [1.165, 1.54) is 36.6 Å². The number of ether oxygens (including phenoxy) is 2. The molecule has 0 radical (unpaired) electrons. The Kier molecular flexibility index (Phi) is 8.08. The summed E-state index contributed by atoms with van der Waals surface area (Å²) >= 11 is 1.27. The van der Waals surface area contributed by atoms with Crippen LogP contribution in [0.25, 0.3) is 5.69 Å². The molecule has 1 aromatic heterocycles. The summed E-state index contributed by atoms with van der Waals surface area (Å²) in [5.74, 6) is 1.30. The molecule has 1 atom stereocenters. The van der Waals surface area contributed by atoms with Gasteiger partial charge in [0.1, 0.15) is 23.5 Å². The molecule has 0 aliphatic carbocycles. The predicted molar refractivity (Wildman–Crippen MR) is 140 cm³/mol. The van der Waals surface area contributed by atoms with E-state index < -0.39 is 5.25 Å². The highest BCUT2D eigenvalue weighted by Gasteiger charge is 2.25. The van der Waals surface area contributed by atoms with E-state index in [4.69, 9.17) is 9.47 Å². The number of halogens is 1. The van der Waals surface area contributed by atoms with Crippen LogP contribution >= 0.6 is 11.8 Å². The predicted octanol–water partition coefficient (Wildman–Crippen LogP) is 6.03. The minimum absolute atomic E-state index is 0.224. The van der Waals surface area contributed by atoms with Gasteiger partial charge in [-0.1, -0.05) is 36.0 Å². The molecule has 0 aliphatic rings. The third-order valence-electron chi connectivity index (χ3n) is 5.97. The lowest BCUT2D eigenvalue weighted by atomic mass is 10.1. The number of hydrogen-bond acceptors (Lipinski definition) is 7. The van der Waals surface area contributed by atoms with E-state index in [0.717, 1.165) is 16.8 Å². The summed E-state index contributed by atoms with van der Waals surface area (Å²) < 4.78 is 26.5. The molecule has 192 valence electrons. The highest BCUT2D eigenvalue weighted by molar-refractivity contribution is 7.99. The molecule has 0 saturated heterocycles. The minimum atomic E-state index is -0.552. The van der Waals surface area contributed by atoms with E-state index in [-0.39, 0.29) is 23.9 Å². The second-order valence-corrected chi connectivity index (χ2v) is 9.75. The number of nitrogens with zero attached hydrogens (tertiary/aromatic N) is 4. The Balaban J connectivity index is 1.61. The van der Waals surface area contributed by atoms with E-state index in [2.05, 4.69) is 16.3 Å². The van der Waals surface area contributed by atoms with Crippen molar-refractivity contribution in [3.63, 3.8) is 0 Å². The van der Waals surface area contributed by atoms with Crippen molar-refractivity contribution in [2.45, 2.75) is 37.8 Å². The average Bonchev–Trinajstić information content (AvgIpc) is 3.24. The fourth-order valence-electron chi connectivity index (χ4n) is 3.80. The number of aryl methyl sites for hydroxylation is 3. The highest BCUT2D eigenvalue weighted by Crippen LogP contribution is 2.39. The third kappa shape index (κ3) is 6.26. The second-order valence-electron chi connectivity index (χ2n) is 8.58. The summed E-state index contributed by atoms with van der Waals surface area (Å²) in [4.78, 5) is 11.2. The largest absolute Gasteiger partial charge is 0.493 e. The van der Waals surface area contributed by atoms with Gasteiger partial charge in [0, 0.05) is 10.6 Å². The summed E-state index contributed by atoms with van der Waals surface area (Å²) in [6.07, 6.45) is 0. The number of methoxy groups -OCH3 is 1. The van der Waals surface area contributed by atoms with E-state index >= 15 is 0 Å². The molecule has 10 heteroatoms. The zero-order valence-electron chi connectivity index (χ0n) is 21.0. The van der Waals surface area contributed by atoms with E-state index in [1.807, 2.05) is 37.5 Å². The molecule has 0 bridgehead atoms. The SMILES string of the molecule is COc1cc([C@@H](C[N+](=O)[O-])Sc2nnc(C)n2-c2ccc(C)c(C)c2)ccc1OCc1ccc(F)cc1. The lowest BCUT2D eigenvalue weighted by Gasteiger charge is -2.17. The first-order valence-electron chi connectivity index (χ1n) is 11.6. The molecular weight excluding hydrogens is 495 g/mol. The Morgan fingerprint density at radius 1 is 1.00 bits per heavy atom. The molecular formula is C27H27FN4O4S. The highest BCUT2D eigenvalue weighted by atomic mass is 32.2. The first-order chi connectivity index (χ1) is 17.7. The van der Waals surface area contributed by atoms with E-state index in [0.29, 0.717) is 28.0 Å². The second kappa shape index (κ2) is 11.4. The maximum Gasteiger partial charge on any atom is 0.220 e. The number of aromatic nitrogens is 3. The fraction of sp³-hybridized carbons (Fsp3) is 0.259. The minimum Gasteiger partial charge on any atom is -0.493 e. The summed E-state index contributed by atoms with van der Waals surface area (Å²) in [7, 11) is 1.51. The normalized spacial score (nSPS) is 11.8. The van der Waals surface area contributed by atoms with Crippen molar-refractivity contribution in [1.29, 1.82) is 0 Å². The maximum absolute atomic E-state index is 13.2. The molecule has 0 N–H and O–H groups in total. The number of hydrogen-bond donors (Lipinski definition) is 0. The van der Waals surface area contributed by atoms with E-state index in [9.17, 15) is 14.5 Å². The van der Waals surface area contributed by atoms with Gasteiger partial charge in [0.05, 0.1) is 7.11 Å². The zero-order valence-corrected chi connectivity index (χ0v) is 21.8. The summed E-state index contributed by atoms with van der Waals surface area (Å²) in [5.41, 5.74) is 4.69. The van der Waals surface area contributed by atoms with Crippen molar-refractivity contribution < 1.29 is 18.8 Å². The number of rotatable bonds is 10. The van der Waals surface area contributed by atoms with Crippen molar-refractivity contribution in [1.82, 2.24) is 14.8 Å². The van der Waals surface area contributed by atoms with E-state index in [1.54, 1.807) is 30.3 Å². The first-order valence-corrected chi connectivity index (χ1v) is 12.5. The maximum atomic E-state index is 13.2. The van der Waals surface area contributed by atoms with Gasteiger partial charge in [-0.2, -0.15) is 0 Å². The quantitative estimate of drug-likeness (QED) is 0.143.